The second-order valence-corrected chi connectivity index (χ2v) is 22.0. The first-order valence-electron chi connectivity index (χ1n) is 13.5. The molecule has 1 unspecified atom stereocenters. The summed E-state index contributed by atoms with van der Waals surface area (Å²) in [6.45, 7) is 21.3. The molecule has 3 nitrogen and oxygen atoms in total. The minimum Gasteiger partial charge on any atom is -0.549 e. The molecule has 0 aliphatic heterocycles. The lowest BCUT2D eigenvalue weighted by Crippen LogP contribution is -2.39. The molecule has 196 valence electrons. The average Bonchev–Trinajstić information content (AvgIpc) is 2.69. The van der Waals surface area contributed by atoms with Crippen molar-refractivity contribution in [3.05, 3.63) is 23.6 Å². The third kappa shape index (κ3) is 16.8. The summed E-state index contributed by atoms with van der Waals surface area (Å²) in [5, 5.41) is 0.217. The maximum atomic E-state index is 6.27. The van der Waals surface area contributed by atoms with E-state index in [-0.39, 0.29) is 11.1 Å². The summed E-state index contributed by atoms with van der Waals surface area (Å²) in [5.74, 6) is 0. The highest BCUT2D eigenvalue weighted by Crippen LogP contribution is 2.36. The maximum absolute atomic E-state index is 6.27. The van der Waals surface area contributed by atoms with Crippen molar-refractivity contribution in [3.8, 4) is 0 Å². The van der Waals surface area contributed by atoms with Crippen LogP contribution in [0.3, 0.4) is 0 Å². The van der Waals surface area contributed by atoms with E-state index < -0.39 is 16.4 Å². The number of ether oxygens (including phenoxy) is 2. The fraction of sp³-hybridized carbons (Fsp3) is 0.857. The maximum Gasteiger partial charge on any atom is 0.249 e. The Bertz CT molecular complexity index is 542. The molecular formula is C28H58O3Si2. The molecule has 0 radical (unpaired) electrons. The van der Waals surface area contributed by atoms with Crippen LogP contribution in [-0.4, -0.2) is 36.4 Å². The molecule has 0 bridgehead atoms. The number of allylic oxidation sites excluding steroid dienone is 1. The van der Waals surface area contributed by atoms with E-state index in [1.54, 1.807) is 7.11 Å². The zero-order valence-electron chi connectivity index (χ0n) is 24.0. The number of hydrogen-bond donors (Lipinski definition) is 0. The lowest BCUT2D eigenvalue weighted by atomic mass is 10.0. The van der Waals surface area contributed by atoms with Gasteiger partial charge in [0.15, 0.2) is 0 Å². The third-order valence-electron chi connectivity index (χ3n) is 6.61. The SMILES string of the molecule is CCCCCCCCCCCC(OCOC)/C(=C\[Si](C)(C)C)C/C=C/O[Si](C)(C)C(C)(C)C. The van der Waals surface area contributed by atoms with E-state index in [0.29, 0.717) is 6.79 Å². The van der Waals surface area contributed by atoms with E-state index in [1.165, 1.54) is 63.4 Å². The Hall–Kier alpha value is -0.366. The molecule has 33 heavy (non-hydrogen) atoms. The van der Waals surface area contributed by atoms with Crippen LogP contribution in [0.25, 0.3) is 0 Å². The predicted molar refractivity (Wildman–Crippen MR) is 152 cm³/mol. The van der Waals surface area contributed by atoms with Crippen LogP contribution in [0, 0.1) is 0 Å². The summed E-state index contributed by atoms with van der Waals surface area (Å²) < 4.78 is 17.7. The van der Waals surface area contributed by atoms with Crippen molar-refractivity contribution in [1.82, 2.24) is 0 Å². The minimum absolute atomic E-state index is 0.138. The molecule has 0 fully saturated rings. The van der Waals surface area contributed by atoms with Gasteiger partial charge in [-0.25, -0.2) is 0 Å². The zero-order chi connectivity index (χ0) is 25.4. The second kappa shape index (κ2) is 17.1. The van der Waals surface area contributed by atoms with Crippen molar-refractivity contribution >= 4 is 16.4 Å². The van der Waals surface area contributed by atoms with Gasteiger partial charge in [0.05, 0.1) is 20.4 Å². The minimum atomic E-state index is -1.77. The Morgan fingerprint density at radius 3 is 1.88 bits per heavy atom. The van der Waals surface area contributed by atoms with Gasteiger partial charge in [-0.05, 0) is 42.6 Å². The van der Waals surface area contributed by atoms with Gasteiger partial charge in [0.2, 0.25) is 8.32 Å². The Kier molecular flexibility index (Phi) is 16.9. The van der Waals surface area contributed by atoms with Gasteiger partial charge in [0.25, 0.3) is 0 Å². The fourth-order valence-electron chi connectivity index (χ4n) is 3.59. The van der Waals surface area contributed by atoms with Crippen molar-refractivity contribution in [1.29, 1.82) is 0 Å². The molecule has 0 spiro atoms. The van der Waals surface area contributed by atoms with Crippen LogP contribution < -0.4 is 0 Å². The number of methoxy groups -OCH3 is 1. The molecular weight excluding hydrogens is 440 g/mol. The van der Waals surface area contributed by atoms with Crippen LogP contribution in [0.2, 0.25) is 37.8 Å². The molecule has 0 rings (SSSR count). The first-order valence-corrected chi connectivity index (χ1v) is 20.0. The summed E-state index contributed by atoms with van der Waals surface area (Å²) in [4.78, 5) is 0. The lowest BCUT2D eigenvalue weighted by molar-refractivity contribution is -0.0622. The van der Waals surface area contributed by atoms with Gasteiger partial charge in [-0.15, -0.1) is 0 Å². The first kappa shape index (κ1) is 32.6. The molecule has 0 aromatic rings. The molecule has 0 amide bonds. The summed E-state index contributed by atoms with van der Waals surface area (Å²) in [5.41, 5.74) is 3.93. The smallest absolute Gasteiger partial charge is 0.249 e. The fourth-order valence-corrected chi connectivity index (χ4v) is 5.79. The van der Waals surface area contributed by atoms with Gasteiger partial charge < -0.3 is 13.9 Å². The van der Waals surface area contributed by atoms with E-state index in [4.69, 9.17) is 13.9 Å². The lowest BCUT2D eigenvalue weighted by Gasteiger charge is -2.35. The topological polar surface area (TPSA) is 27.7 Å². The monoisotopic (exact) mass is 498 g/mol. The van der Waals surface area contributed by atoms with E-state index in [9.17, 15) is 0 Å². The van der Waals surface area contributed by atoms with Crippen molar-refractivity contribution < 1.29 is 13.9 Å². The van der Waals surface area contributed by atoms with Crippen LogP contribution in [0.5, 0.6) is 0 Å². The van der Waals surface area contributed by atoms with E-state index in [2.05, 4.69) is 72.2 Å². The highest BCUT2D eigenvalue weighted by Gasteiger charge is 2.37. The van der Waals surface area contributed by atoms with Crippen LogP contribution in [0.15, 0.2) is 23.6 Å². The largest absolute Gasteiger partial charge is 0.549 e. The number of hydrogen-bond acceptors (Lipinski definition) is 3. The van der Waals surface area contributed by atoms with E-state index >= 15 is 0 Å². The third-order valence-corrected chi connectivity index (χ3v) is 12.2. The van der Waals surface area contributed by atoms with Gasteiger partial charge in [0.1, 0.15) is 6.79 Å². The second-order valence-electron chi connectivity index (χ2n) is 12.2. The molecule has 0 aliphatic carbocycles. The Morgan fingerprint density at radius 1 is 0.848 bits per heavy atom. The normalized spacial score (nSPS) is 14.8. The predicted octanol–water partition coefficient (Wildman–Crippen LogP) is 9.63. The van der Waals surface area contributed by atoms with Crippen molar-refractivity contribution in [2.75, 3.05) is 13.9 Å². The van der Waals surface area contributed by atoms with Crippen LogP contribution in [-0.2, 0) is 13.9 Å². The average molecular weight is 499 g/mol. The van der Waals surface area contributed by atoms with Crippen molar-refractivity contribution in [3.63, 3.8) is 0 Å². The molecule has 0 aliphatic rings. The van der Waals surface area contributed by atoms with Crippen molar-refractivity contribution in [2.24, 2.45) is 0 Å². The molecule has 0 aromatic heterocycles. The Balaban J connectivity index is 4.92. The molecule has 0 N–H and O–H groups in total. The molecule has 0 saturated carbocycles. The summed E-state index contributed by atoms with van der Waals surface area (Å²) in [7, 11) is -1.43. The van der Waals surface area contributed by atoms with E-state index in [1.807, 2.05) is 6.26 Å². The quantitative estimate of drug-likeness (QED) is 0.0767. The van der Waals surface area contributed by atoms with Gasteiger partial charge in [-0.2, -0.15) is 0 Å². The Morgan fingerprint density at radius 2 is 1.39 bits per heavy atom. The zero-order valence-corrected chi connectivity index (χ0v) is 26.0. The standard InChI is InChI=1S/C28H58O3Si2/c1-11-12-13-14-15-16-17-18-19-22-27(30-25-29-5)26(24-32(6,7)8)21-20-23-31-33(9,10)28(2,3)4/h20,23-24,27H,11-19,21-22,25H2,1-10H3/b23-20+,26-24-. The van der Waals surface area contributed by atoms with Crippen LogP contribution >= 0.6 is 0 Å². The first-order chi connectivity index (χ1) is 15.3. The Labute approximate surface area is 209 Å². The molecule has 0 aromatic carbocycles. The number of unbranched alkanes of at least 4 members (excludes halogenated alkanes) is 8. The van der Waals surface area contributed by atoms with Gasteiger partial charge in [-0.1, -0.05) is 111 Å². The van der Waals surface area contributed by atoms with Gasteiger partial charge in [0, 0.05) is 7.11 Å². The van der Waals surface area contributed by atoms with Gasteiger partial charge in [-0.3, -0.25) is 0 Å². The summed E-state index contributed by atoms with van der Waals surface area (Å²) >= 11 is 0. The van der Waals surface area contributed by atoms with Crippen molar-refractivity contribution in [2.45, 2.75) is 142 Å². The molecule has 0 saturated heterocycles. The number of rotatable bonds is 19. The highest BCUT2D eigenvalue weighted by atomic mass is 28.4. The molecule has 5 heteroatoms. The molecule has 0 heterocycles. The van der Waals surface area contributed by atoms with Gasteiger partial charge >= 0.3 is 0 Å². The summed E-state index contributed by atoms with van der Waals surface area (Å²) in [6.07, 6.45) is 18.4. The summed E-state index contributed by atoms with van der Waals surface area (Å²) in [6, 6.07) is 0. The van der Waals surface area contributed by atoms with Crippen LogP contribution in [0.1, 0.15) is 98.3 Å². The highest BCUT2D eigenvalue weighted by molar-refractivity contribution is 6.81. The van der Waals surface area contributed by atoms with E-state index in [0.717, 1.165) is 12.8 Å². The molecule has 1 atom stereocenters. The van der Waals surface area contributed by atoms with Crippen LogP contribution in [0.4, 0.5) is 0 Å².